The van der Waals surface area contributed by atoms with Crippen LogP contribution in [0.15, 0.2) is 11.3 Å². The number of carbonyl (C=O) groups is 1. The summed E-state index contributed by atoms with van der Waals surface area (Å²) in [4.78, 5) is 13.8. The van der Waals surface area contributed by atoms with Gasteiger partial charge in [0.25, 0.3) is 0 Å². The predicted molar refractivity (Wildman–Crippen MR) is 56.1 cm³/mol. The van der Waals surface area contributed by atoms with Gasteiger partial charge in [-0.05, 0) is 0 Å². The van der Waals surface area contributed by atoms with E-state index in [9.17, 15) is 4.79 Å². The molecule has 1 aliphatic rings. The van der Waals surface area contributed by atoms with Gasteiger partial charge in [0.1, 0.15) is 0 Å². The zero-order chi connectivity index (χ0) is 11.6. The minimum atomic E-state index is -0.181. The van der Waals surface area contributed by atoms with E-state index < -0.39 is 0 Å². The third kappa shape index (κ3) is 2.08. The minimum absolute atomic E-state index is 0.181. The van der Waals surface area contributed by atoms with Crippen LogP contribution < -0.4 is 0 Å². The number of carbonyl (C=O) groups excluding carboxylic acids is 1. The third-order valence-electron chi connectivity index (χ3n) is 2.80. The summed E-state index contributed by atoms with van der Waals surface area (Å²) in [5, 5.41) is 0. The van der Waals surface area contributed by atoms with Crippen LogP contribution in [-0.2, 0) is 28.9 Å². The SMILES string of the molecule is CCN(CC)C1=C(C(=O)OC)[C](=[W])C1C. The van der Waals surface area contributed by atoms with E-state index in [2.05, 4.69) is 25.7 Å². The second kappa shape index (κ2) is 5.07. The van der Waals surface area contributed by atoms with Crippen molar-refractivity contribution in [2.24, 2.45) is 5.92 Å². The van der Waals surface area contributed by atoms with Gasteiger partial charge in [0.05, 0.1) is 0 Å². The predicted octanol–water partition coefficient (Wildman–Crippen LogP) is 1.12. The number of ether oxygens (including phenoxy) is 1. The molecule has 15 heavy (non-hydrogen) atoms. The summed E-state index contributed by atoms with van der Waals surface area (Å²) in [6.07, 6.45) is 0. The Morgan fingerprint density at radius 2 is 2.00 bits per heavy atom. The molecular weight excluding hydrogens is 362 g/mol. The summed E-state index contributed by atoms with van der Waals surface area (Å²) in [5.41, 5.74) is 1.99. The van der Waals surface area contributed by atoms with E-state index in [0.717, 1.165) is 24.4 Å². The Hall–Kier alpha value is -0.432. The summed E-state index contributed by atoms with van der Waals surface area (Å²) >= 11 is 1.37. The molecule has 84 valence electrons. The molecule has 3 nitrogen and oxygen atoms in total. The molecule has 0 aliphatic heterocycles. The summed E-state index contributed by atoms with van der Waals surface area (Å²) in [6.45, 7) is 8.26. The summed E-state index contributed by atoms with van der Waals surface area (Å²) in [7, 11) is 1.45. The molecule has 1 rings (SSSR count). The molecule has 1 atom stereocenters. The van der Waals surface area contributed by atoms with E-state index in [-0.39, 0.29) is 5.97 Å². The van der Waals surface area contributed by atoms with E-state index >= 15 is 0 Å². The second-order valence-corrected chi connectivity index (χ2v) is 5.09. The average Bonchev–Trinajstić information content (AvgIpc) is 2.27. The van der Waals surface area contributed by atoms with Crippen molar-refractivity contribution in [2.45, 2.75) is 20.8 Å². The van der Waals surface area contributed by atoms with Gasteiger partial charge in [0, 0.05) is 0 Å². The number of hydrogen-bond acceptors (Lipinski definition) is 3. The van der Waals surface area contributed by atoms with Crippen LogP contribution in [0.4, 0.5) is 0 Å². The number of methoxy groups -OCH3 is 1. The maximum atomic E-state index is 11.6. The van der Waals surface area contributed by atoms with Gasteiger partial charge in [-0.3, -0.25) is 0 Å². The molecule has 0 saturated carbocycles. The van der Waals surface area contributed by atoms with Gasteiger partial charge in [-0.1, -0.05) is 0 Å². The Balaban J connectivity index is 3.05. The van der Waals surface area contributed by atoms with Crippen LogP contribution in [0.3, 0.4) is 0 Å². The Kier molecular flexibility index (Phi) is 4.27. The molecule has 0 aromatic heterocycles. The molecule has 0 heterocycles. The molecule has 4 heteroatoms. The molecule has 1 unspecified atom stereocenters. The fourth-order valence-corrected chi connectivity index (χ4v) is 2.99. The van der Waals surface area contributed by atoms with Gasteiger partial charge in [-0.15, -0.1) is 0 Å². The van der Waals surface area contributed by atoms with Crippen molar-refractivity contribution >= 4 is 9.87 Å². The summed E-state index contributed by atoms with van der Waals surface area (Å²) in [5.74, 6) is 0.244. The zero-order valence-corrected chi connectivity index (χ0v) is 12.6. The fraction of sp³-hybridized carbons (Fsp3) is 0.636. The van der Waals surface area contributed by atoms with Crippen LogP contribution in [-0.4, -0.2) is 35.0 Å². The van der Waals surface area contributed by atoms with E-state index in [4.69, 9.17) is 4.74 Å². The summed E-state index contributed by atoms with van der Waals surface area (Å²) in [6, 6.07) is 0. The molecule has 0 radical (unpaired) electrons. The second-order valence-electron chi connectivity index (χ2n) is 3.51. The first-order chi connectivity index (χ1) is 7.08. The standard InChI is InChI=1S/C11H17NO2.W/c1-5-12(6-2)10-8(3)7-9(10)11(13)14-4;/h8H,5-6H2,1-4H3;. The zero-order valence-electron chi connectivity index (χ0n) is 9.66. The van der Waals surface area contributed by atoms with Crippen molar-refractivity contribution in [1.82, 2.24) is 4.90 Å². The Morgan fingerprint density at radius 1 is 1.47 bits per heavy atom. The number of esters is 1. The topological polar surface area (TPSA) is 29.5 Å². The molecule has 0 spiro atoms. The van der Waals surface area contributed by atoms with Crippen molar-refractivity contribution in [3.05, 3.63) is 11.3 Å². The number of allylic oxidation sites excluding steroid dienone is 1. The van der Waals surface area contributed by atoms with Gasteiger partial charge in [-0.25, -0.2) is 0 Å². The molecule has 0 N–H and O–H groups in total. The maximum absolute atomic E-state index is 11.6. The molecular formula is C11H17NO2W. The molecule has 1 aliphatic carbocycles. The van der Waals surface area contributed by atoms with Crippen LogP contribution in [0, 0.1) is 5.92 Å². The number of nitrogens with zero attached hydrogens (tertiary/aromatic N) is 1. The van der Waals surface area contributed by atoms with Crippen molar-refractivity contribution in [3.8, 4) is 0 Å². The van der Waals surface area contributed by atoms with Crippen LogP contribution in [0.5, 0.6) is 0 Å². The van der Waals surface area contributed by atoms with Crippen LogP contribution in [0.25, 0.3) is 0 Å². The van der Waals surface area contributed by atoms with Gasteiger partial charge in [0.15, 0.2) is 0 Å². The van der Waals surface area contributed by atoms with Crippen LogP contribution >= 0.6 is 0 Å². The molecule has 0 aromatic rings. The number of rotatable bonds is 4. The van der Waals surface area contributed by atoms with E-state index in [1.165, 1.54) is 30.4 Å². The van der Waals surface area contributed by atoms with E-state index in [1.54, 1.807) is 0 Å². The van der Waals surface area contributed by atoms with Crippen LogP contribution in [0.2, 0.25) is 0 Å². The van der Waals surface area contributed by atoms with Gasteiger partial charge >= 0.3 is 102 Å². The first kappa shape index (κ1) is 12.6. The molecule has 0 bridgehead atoms. The quantitative estimate of drug-likeness (QED) is 0.686. The Morgan fingerprint density at radius 3 is 2.40 bits per heavy atom. The molecule has 0 fully saturated rings. The van der Waals surface area contributed by atoms with Crippen molar-refractivity contribution < 1.29 is 28.9 Å². The molecule has 0 saturated heterocycles. The van der Waals surface area contributed by atoms with E-state index in [0.29, 0.717) is 5.92 Å². The van der Waals surface area contributed by atoms with Gasteiger partial charge in [-0.2, -0.15) is 0 Å². The average molecular weight is 379 g/mol. The van der Waals surface area contributed by atoms with Crippen molar-refractivity contribution in [3.63, 3.8) is 0 Å². The molecule has 0 aromatic carbocycles. The monoisotopic (exact) mass is 379 g/mol. The van der Waals surface area contributed by atoms with Gasteiger partial charge in [0.2, 0.25) is 0 Å². The Labute approximate surface area is 102 Å². The van der Waals surface area contributed by atoms with Crippen molar-refractivity contribution in [2.75, 3.05) is 20.2 Å². The number of hydrogen-bond donors (Lipinski definition) is 0. The van der Waals surface area contributed by atoms with Gasteiger partial charge < -0.3 is 0 Å². The normalized spacial score (nSPS) is 20.0. The Bertz CT molecular complexity index is 319. The summed E-state index contributed by atoms with van der Waals surface area (Å²) < 4.78 is 6.04. The van der Waals surface area contributed by atoms with E-state index in [1.807, 2.05) is 0 Å². The third-order valence-corrected chi connectivity index (χ3v) is 4.80. The van der Waals surface area contributed by atoms with Crippen molar-refractivity contribution in [1.29, 1.82) is 0 Å². The fourth-order valence-electron chi connectivity index (χ4n) is 1.91. The molecule has 0 amide bonds. The van der Waals surface area contributed by atoms with Crippen LogP contribution in [0.1, 0.15) is 20.8 Å². The first-order valence-corrected chi connectivity index (χ1v) is 6.66. The first-order valence-electron chi connectivity index (χ1n) is 5.20.